The molecule has 0 amide bonds. The van der Waals surface area contributed by atoms with Crippen LogP contribution in [0, 0.1) is 6.92 Å². The smallest absolute Gasteiger partial charge is 0.246 e. The van der Waals surface area contributed by atoms with Crippen molar-refractivity contribution in [3.05, 3.63) is 96.3 Å². The number of para-hydroxylation sites is 1. The van der Waals surface area contributed by atoms with Gasteiger partial charge >= 0.3 is 0 Å². The Hall–Kier alpha value is -3.53. The van der Waals surface area contributed by atoms with E-state index in [2.05, 4.69) is 45.4 Å². The Labute approximate surface area is 231 Å². The monoisotopic (exact) mass is 545 g/mol. The van der Waals surface area contributed by atoms with Crippen LogP contribution in [0.2, 0.25) is 0 Å². The highest BCUT2D eigenvalue weighted by molar-refractivity contribution is 7.91. The van der Waals surface area contributed by atoms with E-state index in [1.165, 1.54) is 11.1 Å². The molecule has 0 bridgehead atoms. The van der Waals surface area contributed by atoms with E-state index in [1.54, 1.807) is 35.3 Å². The number of anilines is 2. The summed E-state index contributed by atoms with van der Waals surface area (Å²) in [5.41, 5.74) is 3.95. The van der Waals surface area contributed by atoms with Crippen molar-refractivity contribution in [3.63, 3.8) is 0 Å². The van der Waals surface area contributed by atoms with E-state index in [1.807, 2.05) is 36.4 Å². The lowest BCUT2D eigenvalue weighted by atomic mass is 9.85. The summed E-state index contributed by atoms with van der Waals surface area (Å²) in [6.07, 6.45) is 3.65. The van der Waals surface area contributed by atoms with Gasteiger partial charge in [0.05, 0.1) is 35.1 Å². The fraction of sp³-hybridized carbons (Fsp3) is 0.333. The molecule has 1 aromatic heterocycles. The average molecular weight is 546 g/mol. The van der Waals surface area contributed by atoms with Crippen molar-refractivity contribution in [2.45, 2.75) is 36.1 Å². The molecule has 3 heterocycles. The summed E-state index contributed by atoms with van der Waals surface area (Å²) in [6.45, 7) is 4.72. The molecule has 9 heteroatoms. The van der Waals surface area contributed by atoms with E-state index in [0.29, 0.717) is 30.0 Å². The highest BCUT2D eigenvalue weighted by Gasteiger charge is 2.48. The van der Waals surface area contributed by atoms with Gasteiger partial charge in [-0.05, 0) is 86.3 Å². The van der Waals surface area contributed by atoms with Crippen LogP contribution in [-0.2, 0) is 14.6 Å². The van der Waals surface area contributed by atoms with Gasteiger partial charge in [0.15, 0.2) is 9.84 Å². The van der Waals surface area contributed by atoms with Gasteiger partial charge in [-0.2, -0.15) is 4.98 Å². The molecular weight excluding hydrogens is 510 g/mol. The molecule has 3 aromatic carbocycles. The maximum atomic E-state index is 13.2. The van der Waals surface area contributed by atoms with Gasteiger partial charge in [-0.3, -0.25) is 4.90 Å². The summed E-state index contributed by atoms with van der Waals surface area (Å²) < 4.78 is 33.7. The third-order valence-electron chi connectivity index (χ3n) is 7.81. The van der Waals surface area contributed by atoms with Crippen molar-refractivity contribution < 1.29 is 14.6 Å². The normalized spacial score (nSPS) is 18.0. The van der Waals surface area contributed by atoms with Crippen LogP contribution in [0.3, 0.4) is 0 Å². The molecule has 39 heavy (non-hydrogen) atoms. The summed E-state index contributed by atoms with van der Waals surface area (Å²) in [7, 11) is -3.39. The highest BCUT2D eigenvalue weighted by atomic mass is 32.2. The van der Waals surface area contributed by atoms with E-state index in [9.17, 15) is 8.42 Å². The Bertz CT molecular complexity index is 1530. The predicted octanol–water partition coefficient (Wildman–Crippen LogP) is 4.99. The van der Waals surface area contributed by atoms with Gasteiger partial charge in [-0.1, -0.05) is 42.5 Å². The number of benzene rings is 3. The number of aryl methyl sites for hydroxylation is 1. The van der Waals surface area contributed by atoms with Gasteiger partial charge in [0.1, 0.15) is 6.33 Å². The Morgan fingerprint density at radius 2 is 1.69 bits per heavy atom. The number of hydrogen-bond acceptors (Lipinski definition) is 7. The van der Waals surface area contributed by atoms with Crippen LogP contribution in [0.1, 0.15) is 31.3 Å². The van der Waals surface area contributed by atoms with Crippen LogP contribution < -0.4 is 5.32 Å². The Morgan fingerprint density at radius 1 is 1.00 bits per heavy atom. The quantitative estimate of drug-likeness (QED) is 0.334. The number of ether oxygens (including phenoxy) is 1. The maximum absolute atomic E-state index is 13.2. The number of nitrogens with zero attached hydrogens (tertiary/aromatic N) is 4. The van der Waals surface area contributed by atoms with Crippen molar-refractivity contribution in [3.8, 4) is 5.69 Å². The first-order valence-corrected chi connectivity index (χ1v) is 15.0. The standard InChI is InChI=1S/C30H33N5O3S.H2/c1-23-16-25(18-26(17-23)32-29-31-22-35(33-29)27-8-4-2-5-9-27)24-12-14-34(15-13-24)30(19-38-20-30)21-39(36,37)28-10-6-3-7-11-28;/h2-11,16-18,22,24H,12-15,19-21H2,1H3,(H,32,33);1H. The number of nitrogens with one attached hydrogen (secondary N) is 1. The fourth-order valence-corrected chi connectivity index (χ4v) is 7.52. The SMILES string of the molecule is Cc1cc(Nc2ncn(-c3ccccc3)n2)cc(C2CCN(C3(CS(=O)(=O)c4ccccc4)COC3)CC2)c1.[HH]. The first-order valence-electron chi connectivity index (χ1n) is 13.4. The van der Waals surface area contributed by atoms with Gasteiger partial charge < -0.3 is 10.1 Å². The van der Waals surface area contributed by atoms with Crippen LogP contribution in [0.25, 0.3) is 5.69 Å². The first-order chi connectivity index (χ1) is 18.9. The second-order valence-electron chi connectivity index (χ2n) is 10.7. The zero-order valence-corrected chi connectivity index (χ0v) is 22.8. The molecular formula is C30H35N5O3S. The number of aromatic nitrogens is 3. The molecule has 2 aliphatic heterocycles. The molecule has 6 rings (SSSR count). The molecule has 0 saturated carbocycles. The number of hydrogen-bond donors (Lipinski definition) is 1. The summed E-state index contributed by atoms with van der Waals surface area (Å²) >= 11 is 0. The summed E-state index contributed by atoms with van der Waals surface area (Å²) in [6, 6.07) is 25.2. The molecule has 2 aliphatic rings. The Morgan fingerprint density at radius 3 is 2.36 bits per heavy atom. The van der Waals surface area contributed by atoms with Crippen molar-refractivity contribution in [2.24, 2.45) is 0 Å². The number of piperidine rings is 1. The molecule has 4 aromatic rings. The Kier molecular flexibility index (Phi) is 6.97. The van der Waals surface area contributed by atoms with Crippen molar-refractivity contribution in [1.29, 1.82) is 0 Å². The third-order valence-corrected chi connectivity index (χ3v) is 9.72. The summed E-state index contributed by atoms with van der Waals surface area (Å²) in [5.74, 6) is 1.05. The third kappa shape index (κ3) is 5.48. The van der Waals surface area contributed by atoms with Crippen LogP contribution in [-0.4, -0.2) is 65.7 Å². The average Bonchev–Trinajstić information content (AvgIpc) is 3.40. The molecule has 0 spiro atoms. The highest BCUT2D eigenvalue weighted by Crippen LogP contribution is 2.37. The van der Waals surface area contributed by atoms with Gasteiger partial charge in [-0.15, -0.1) is 5.10 Å². The minimum absolute atomic E-state index is 0. The van der Waals surface area contributed by atoms with E-state index in [4.69, 9.17) is 4.74 Å². The predicted molar refractivity (Wildman–Crippen MR) is 154 cm³/mol. The molecule has 8 nitrogen and oxygen atoms in total. The van der Waals surface area contributed by atoms with Crippen molar-refractivity contribution in [1.82, 2.24) is 19.7 Å². The zero-order chi connectivity index (χ0) is 26.9. The molecule has 0 aliphatic carbocycles. The number of likely N-dealkylation sites (tertiary alicyclic amines) is 1. The van der Waals surface area contributed by atoms with E-state index in [-0.39, 0.29) is 7.18 Å². The molecule has 0 atom stereocenters. The lowest BCUT2D eigenvalue weighted by molar-refractivity contribution is -0.133. The van der Waals surface area contributed by atoms with E-state index in [0.717, 1.165) is 37.3 Å². The first kappa shape index (κ1) is 25.7. The molecule has 2 saturated heterocycles. The minimum atomic E-state index is -3.39. The van der Waals surface area contributed by atoms with Gasteiger partial charge in [-0.25, -0.2) is 13.1 Å². The van der Waals surface area contributed by atoms with Gasteiger partial charge in [0.25, 0.3) is 0 Å². The van der Waals surface area contributed by atoms with Crippen LogP contribution in [0.5, 0.6) is 0 Å². The zero-order valence-electron chi connectivity index (χ0n) is 22.0. The molecule has 0 radical (unpaired) electrons. The second-order valence-corrected chi connectivity index (χ2v) is 12.6. The number of sulfone groups is 1. The molecule has 1 N–H and O–H groups in total. The van der Waals surface area contributed by atoms with Crippen molar-refractivity contribution >= 4 is 21.5 Å². The van der Waals surface area contributed by atoms with Crippen LogP contribution >= 0.6 is 0 Å². The molecule has 204 valence electrons. The van der Waals surface area contributed by atoms with E-state index >= 15 is 0 Å². The fourth-order valence-electron chi connectivity index (χ4n) is 5.72. The minimum Gasteiger partial charge on any atom is -0.377 e. The lowest BCUT2D eigenvalue weighted by Gasteiger charge is -2.51. The number of rotatable bonds is 8. The summed E-state index contributed by atoms with van der Waals surface area (Å²) in [4.78, 5) is 7.17. The lowest BCUT2D eigenvalue weighted by Crippen LogP contribution is -2.66. The molecule has 0 unspecified atom stereocenters. The summed E-state index contributed by atoms with van der Waals surface area (Å²) in [5, 5.41) is 7.95. The van der Waals surface area contributed by atoms with E-state index < -0.39 is 15.4 Å². The topological polar surface area (TPSA) is 89.4 Å². The van der Waals surface area contributed by atoms with Crippen LogP contribution in [0.4, 0.5) is 11.6 Å². The second kappa shape index (κ2) is 10.6. The van der Waals surface area contributed by atoms with Gasteiger partial charge in [0, 0.05) is 7.11 Å². The van der Waals surface area contributed by atoms with Crippen LogP contribution in [0.15, 0.2) is 90.1 Å². The van der Waals surface area contributed by atoms with Gasteiger partial charge in [0.2, 0.25) is 5.95 Å². The molecule has 2 fully saturated rings. The maximum Gasteiger partial charge on any atom is 0.246 e. The van der Waals surface area contributed by atoms with Crippen molar-refractivity contribution in [2.75, 3.05) is 37.4 Å². The largest absolute Gasteiger partial charge is 0.377 e. The Balaban J connectivity index is 0.00000323.